The molecule has 0 atom stereocenters. The lowest BCUT2D eigenvalue weighted by atomic mass is 10.1. The van der Waals surface area contributed by atoms with Crippen molar-refractivity contribution in [3.63, 3.8) is 0 Å². The zero-order valence-electron chi connectivity index (χ0n) is 17.8. The van der Waals surface area contributed by atoms with Crippen LogP contribution in [0.25, 0.3) is 0 Å². The van der Waals surface area contributed by atoms with Crippen molar-refractivity contribution in [2.75, 3.05) is 33.4 Å². The first kappa shape index (κ1) is 23.3. The van der Waals surface area contributed by atoms with E-state index in [-0.39, 0.29) is 12.5 Å². The van der Waals surface area contributed by atoms with E-state index in [4.69, 9.17) is 0 Å². The number of carbonyl (C=O) groups excluding carboxylic acids is 1. The van der Waals surface area contributed by atoms with E-state index >= 15 is 0 Å². The number of guanidine groups is 1. The molecule has 2 aromatic rings. The number of likely N-dealkylation sites (N-methyl/N-ethyl adjacent to an activating group) is 1. The number of nitrogens with zero attached hydrogens (tertiary/aromatic N) is 3. The first-order valence-electron chi connectivity index (χ1n) is 9.58. The predicted molar refractivity (Wildman–Crippen MR) is 118 cm³/mol. The zero-order valence-corrected chi connectivity index (χ0v) is 18.7. The largest absolute Gasteiger partial charge is 0.352 e. The van der Waals surface area contributed by atoms with Gasteiger partial charge in [0.05, 0.1) is 11.4 Å². The first-order valence-corrected chi connectivity index (χ1v) is 11.5. The molecule has 1 amide bonds. The molecule has 0 fully saturated rings. The zero-order chi connectivity index (χ0) is 22.1. The van der Waals surface area contributed by atoms with Crippen LogP contribution in [0.1, 0.15) is 16.8 Å². The molecular weight excluding hydrogens is 402 g/mol. The van der Waals surface area contributed by atoms with Gasteiger partial charge in [-0.3, -0.25) is 14.8 Å². The second-order valence-electron chi connectivity index (χ2n) is 7.04. The highest BCUT2D eigenvalue weighted by Gasteiger charge is 2.12. The number of aryl methyl sites for hydroxylation is 1. The van der Waals surface area contributed by atoms with Gasteiger partial charge >= 0.3 is 0 Å². The monoisotopic (exact) mass is 431 g/mol. The standard InChI is InChI=1S/C21H29N5O3S/c1-16-13-17(8-9-19(16)30(4,28)29)14-24-21(22-2)25-15-20(27)26(3)12-10-18-7-5-6-11-23-18/h5-9,11,13H,10,12,14-15H2,1-4H3,(H2,22,24,25). The number of benzene rings is 1. The molecule has 0 aliphatic heterocycles. The number of amides is 1. The third kappa shape index (κ3) is 7.14. The number of aliphatic imine (C=N–C) groups is 1. The van der Waals surface area contributed by atoms with Gasteiger partial charge in [-0.2, -0.15) is 0 Å². The van der Waals surface area contributed by atoms with Crippen molar-refractivity contribution in [1.82, 2.24) is 20.5 Å². The Morgan fingerprint density at radius 3 is 2.57 bits per heavy atom. The SMILES string of the molecule is CN=C(NCC(=O)N(C)CCc1ccccn1)NCc1ccc(S(C)(=O)=O)c(C)c1. The Balaban J connectivity index is 1.81. The number of rotatable bonds is 8. The molecule has 1 aromatic heterocycles. The average Bonchev–Trinajstić information content (AvgIpc) is 2.71. The van der Waals surface area contributed by atoms with Gasteiger partial charge in [-0.1, -0.05) is 18.2 Å². The van der Waals surface area contributed by atoms with Crippen molar-refractivity contribution in [2.24, 2.45) is 4.99 Å². The summed E-state index contributed by atoms with van der Waals surface area (Å²) in [6.07, 6.45) is 3.63. The summed E-state index contributed by atoms with van der Waals surface area (Å²) in [5, 5.41) is 6.14. The fraction of sp³-hybridized carbons (Fsp3) is 0.381. The Morgan fingerprint density at radius 1 is 1.20 bits per heavy atom. The molecule has 9 heteroatoms. The number of carbonyl (C=O) groups is 1. The van der Waals surface area contributed by atoms with Gasteiger partial charge in [0.2, 0.25) is 5.91 Å². The number of hydrogen-bond acceptors (Lipinski definition) is 5. The van der Waals surface area contributed by atoms with Gasteiger partial charge in [-0.05, 0) is 36.2 Å². The number of hydrogen-bond donors (Lipinski definition) is 2. The van der Waals surface area contributed by atoms with Gasteiger partial charge in [0, 0.05) is 51.8 Å². The third-order valence-corrected chi connectivity index (χ3v) is 5.84. The summed E-state index contributed by atoms with van der Waals surface area (Å²) in [4.78, 5) is 22.7. The Bertz CT molecular complexity index is 991. The van der Waals surface area contributed by atoms with E-state index < -0.39 is 9.84 Å². The molecule has 162 valence electrons. The molecule has 30 heavy (non-hydrogen) atoms. The minimum absolute atomic E-state index is 0.0535. The fourth-order valence-electron chi connectivity index (χ4n) is 2.89. The van der Waals surface area contributed by atoms with Crippen LogP contribution in [0.3, 0.4) is 0 Å². The second-order valence-corrected chi connectivity index (χ2v) is 9.02. The van der Waals surface area contributed by atoms with Crippen molar-refractivity contribution >= 4 is 21.7 Å². The van der Waals surface area contributed by atoms with E-state index in [0.717, 1.165) is 11.3 Å². The minimum atomic E-state index is -3.24. The molecule has 0 saturated carbocycles. The minimum Gasteiger partial charge on any atom is -0.352 e. The van der Waals surface area contributed by atoms with Crippen molar-refractivity contribution in [2.45, 2.75) is 24.8 Å². The highest BCUT2D eigenvalue weighted by atomic mass is 32.2. The molecule has 0 saturated heterocycles. The lowest BCUT2D eigenvalue weighted by Gasteiger charge is -2.18. The third-order valence-electron chi connectivity index (χ3n) is 4.58. The number of pyridine rings is 1. The maximum atomic E-state index is 12.3. The number of sulfone groups is 1. The van der Waals surface area contributed by atoms with Crippen molar-refractivity contribution in [1.29, 1.82) is 0 Å². The molecule has 1 heterocycles. The summed E-state index contributed by atoms with van der Waals surface area (Å²) in [6, 6.07) is 10.9. The van der Waals surface area contributed by atoms with Crippen LogP contribution in [0, 0.1) is 6.92 Å². The van der Waals surface area contributed by atoms with Crippen LogP contribution in [0.15, 0.2) is 52.5 Å². The van der Waals surface area contributed by atoms with E-state index in [0.29, 0.717) is 35.9 Å². The summed E-state index contributed by atoms with van der Waals surface area (Å²) in [6.45, 7) is 2.92. The number of aromatic nitrogens is 1. The van der Waals surface area contributed by atoms with Crippen LogP contribution in [-0.4, -0.2) is 63.6 Å². The van der Waals surface area contributed by atoms with Crippen LogP contribution in [-0.2, 0) is 27.6 Å². The van der Waals surface area contributed by atoms with E-state index in [2.05, 4.69) is 20.6 Å². The molecule has 2 N–H and O–H groups in total. The lowest BCUT2D eigenvalue weighted by Crippen LogP contribution is -2.43. The second kappa shape index (κ2) is 10.7. The summed E-state index contributed by atoms with van der Waals surface area (Å²) >= 11 is 0. The molecule has 8 nitrogen and oxygen atoms in total. The van der Waals surface area contributed by atoms with Gasteiger partial charge in [0.25, 0.3) is 0 Å². The van der Waals surface area contributed by atoms with E-state index in [9.17, 15) is 13.2 Å². The predicted octanol–water partition coefficient (Wildman–Crippen LogP) is 1.16. The summed E-state index contributed by atoms with van der Waals surface area (Å²) in [7, 11) is 0.149. The van der Waals surface area contributed by atoms with Crippen LogP contribution < -0.4 is 10.6 Å². The van der Waals surface area contributed by atoms with Crippen molar-refractivity contribution in [3.8, 4) is 0 Å². The van der Waals surface area contributed by atoms with E-state index in [1.807, 2.05) is 24.3 Å². The van der Waals surface area contributed by atoms with Crippen LogP contribution in [0.4, 0.5) is 0 Å². The van der Waals surface area contributed by atoms with Gasteiger partial charge in [0.1, 0.15) is 0 Å². The smallest absolute Gasteiger partial charge is 0.241 e. The highest BCUT2D eigenvalue weighted by Crippen LogP contribution is 2.16. The van der Waals surface area contributed by atoms with E-state index in [1.165, 1.54) is 6.26 Å². The average molecular weight is 432 g/mol. The van der Waals surface area contributed by atoms with E-state index in [1.54, 1.807) is 44.2 Å². The summed E-state index contributed by atoms with van der Waals surface area (Å²) in [5.41, 5.74) is 2.56. The molecule has 0 aliphatic carbocycles. The topological polar surface area (TPSA) is 104 Å². The number of nitrogens with one attached hydrogen (secondary N) is 2. The van der Waals surface area contributed by atoms with Gasteiger partial charge < -0.3 is 15.5 Å². The Labute approximate surface area is 178 Å². The molecule has 0 unspecified atom stereocenters. The molecule has 0 bridgehead atoms. The van der Waals surface area contributed by atoms with Crippen molar-refractivity contribution < 1.29 is 13.2 Å². The van der Waals surface area contributed by atoms with Crippen LogP contribution in [0.2, 0.25) is 0 Å². The van der Waals surface area contributed by atoms with Gasteiger partial charge in [-0.25, -0.2) is 8.42 Å². The Hall–Kier alpha value is -2.94. The normalized spacial score (nSPS) is 11.8. The summed E-state index contributed by atoms with van der Waals surface area (Å²) in [5.74, 6) is 0.438. The maximum absolute atomic E-state index is 12.3. The Morgan fingerprint density at radius 2 is 1.97 bits per heavy atom. The van der Waals surface area contributed by atoms with Crippen molar-refractivity contribution in [3.05, 3.63) is 59.4 Å². The van der Waals surface area contributed by atoms with Gasteiger partial charge in [0.15, 0.2) is 15.8 Å². The quantitative estimate of drug-likeness (QED) is 0.480. The fourth-order valence-corrected chi connectivity index (χ4v) is 3.85. The highest BCUT2D eigenvalue weighted by molar-refractivity contribution is 7.90. The molecule has 1 aromatic carbocycles. The lowest BCUT2D eigenvalue weighted by molar-refractivity contribution is -0.128. The first-order chi connectivity index (χ1) is 14.2. The van der Waals surface area contributed by atoms with Gasteiger partial charge in [-0.15, -0.1) is 0 Å². The molecule has 0 radical (unpaired) electrons. The van der Waals surface area contributed by atoms with Crippen LogP contribution >= 0.6 is 0 Å². The summed E-state index contributed by atoms with van der Waals surface area (Å²) < 4.78 is 23.4. The molecule has 0 spiro atoms. The molecular formula is C21H29N5O3S. The molecule has 2 rings (SSSR count). The maximum Gasteiger partial charge on any atom is 0.241 e. The Kier molecular flexibility index (Phi) is 8.35. The van der Waals surface area contributed by atoms with Crippen LogP contribution in [0.5, 0.6) is 0 Å². The molecule has 0 aliphatic rings.